The van der Waals surface area contributed by atoms with Crippen molar-refractivity contribution < 1.29 is 8.42 Å². The van der Waals surface area contributed by atoms with Gasteiger partial charge in [-0.3, -0.25) is 0 Å². The van der Waals surface area contributed by atoms with Gasteiger partial charge in [0.1, 0.15) is 0 Å². The molecule has 2 aliphatic heterocycles. The van der Waals surface area contributed by atoms with Crippen molar-refractivity contribution in [1.82, 2.24) is 0 Å². The van der Waals surface area contributed by atoms with E-state index in [-0.39, 0.29) is 9.79 Å². The van der Waals surface area contributed by atoms with Gasteiger partial charge in [0, 0.05) is 11.4 Å². The Bertz CT molecular complexity index is 3130. The molecular weight excluding hydrogens is 913 g/mol. The van der Waals surface area contributed by atoms with E-state index in [9.17, 15) is 8.42 Å². The number of hydrogen-bond donors (Lipinski definition) is 0. The Kier molecular flexibility index (Phi) is 10.1. The molecule has 67 heavy (non-hydrogen) atoms. The predicted octanol–water partition coefficient (Wildman–Crippen LogP) is 8.84. The van der Waals surface area contributed by atoms with E-state index in [4.69, 9.17) is 0 Å². The van der Waals surface area contributed by atoms with Crippen LogP contribution in [-0.4, -0.2) is 29.8 Å². The van der Waals surface area contributed by atoms with E-state index in [2.05, 4.69) is 228 Å². The monoisotopic (exact) mass is 958 g/mol. The van der Waals surface area contributed by atoms with Crippen LogP contribution in [0.4, 0.5) is 34.1 Å². The molecule has 0 fully saturated rings. The van der Waals surface area contributed by atoms with Crippen molar-refractivity contribution in [2.24, 2.45) is 0 Å². The SMILES string of the molecule is O=S(=O)(c1ccc(N2c3ccccc3[Si](c3ccccc3)(c3ccccc3)c3ccccc32)cc1)c1ccc(N2c3cccc[c]3[Ge]([c]3ccccc3)([c]3ccccc3)[c]3ccccc32)cc1. The van der Waals surface area contributed by atoms with Crippen LogP contribution >= 0.6 is 0 Å². The first-order valence-electron chi connectivity index (χ1n) is 22.7. The first kappa shape index (κ1) is 41.0. The maximum absolute atomic E-state index is 14.6. The van der Waals surface area contributed by atoms with Gasteiger partial charge in [0.05, 0.1) is 0 Å². The van der Waals surface area contributed by atoms with Gasteiger partial charge in [-0.15, -0.1) is 0 Å². The third-order valence-corrected chi connectivity index (χ3v) is 30.7. The van der Waals surface area contributed by atoms with Gasteiger partial charge in [-0.2, -0.15) is 0 Å². The number of anilines is 6. The van der Waals surface area contributed by atoms with Gasteiger partial charge in [0.25, 0.3) is 0 Å². The molecular formula is C60H44GeN2O2SSi. The van der Waals surface area contributed by atoms with Crippen LogP contribution in [-0.2, 0) is 9.84 Å². The molecule has 0 N–H and O–H groups in total. The zero-order chi connectivity index (χ0) is 45.0. The van der Waals surface area contributed by atoms with Gasteiger partial charge in [0.15, 0.2) is 8.07 Å². The summed E-state index contributed by atoms with van der Waals surface area (Å²) in [6, 6.07) is 93.8. The average Bonchev–Trinajstić information content (AvgIpc) is 3.40. The second kappa shape index (κ2) is 16.4. The van der Waals surface area contributed by atoms with Crippen molar-refractivity contribution in [3.63, 3.8) is 0 Å². The number of nitrogens with zero attached hydrogens (tertiary/aromatic N) is 2. The molecule has 12 rings (SSSR count). The van der Waals surface area contributed by atoms with Crippen molar-refractivity contribution in [3.8, 4) is 0 Å². The van der Waals surface area contributed by atoms with E-state index in [1.165, 1.54) is 38.3 Å². The quantitative estimate of drug-likeness (QED) is 0.143. The number of sulfone groups is 1. The first-order chi connectivity index (χ1) is 33.0. The number of benzene rings is 10. The van der Waals surface area contributed by atoms with Gasteiger partial charge in [-0.1, -0.05) is 97.1 Å². The Balaban J connectivity index is 0.921. The first-order valence-corrected chi connectivity index (χ1v) is 30.4. The zero-order valence-corrected chi connectivity index (χ0v) is 40.4. The van der Waals surface area contributed by atoms with Gasteiger partial charge < -0.3 is 4.90 Å². The van der Waals surface area contributed by atoms with Crippen molar-refractivity contribution >= 4 is 104 Å². The van der Waals surface area contributed by atoms with Crippen molar-refractivity contribution in [2.45, 2.75) is 9.79 Å². The van der Waals surface area contributed by atoms with E-state index < -0.39 is 31.2 Å². The summed E-state index contributed by atoms with van der Waals surface area (Å²) in [7, 11) is -6.65. The molecule has 7 heteroatoms. The summed E-state index contributed by atoms with van der Waals surface area (Å²) in [5.74, 6) is 0. The maximum atomic E-state index is 14.6. The average molecular weight is 958 g/mol. The van der Waals surface area contributed by atoms with Crippen LogP contribution in [0.1, 0.15) is 0 Å². The molecule has 10 aromatic carbocycles. The fourth-order valence-electron chi connectivity index (χ4n) is 11.1. The van der Waals surface area contributed by atoms with Gasteiger partial charge in [-0.05, 0) is 32.9 Å². The molecule has 2 heterocycles. The summed E-state index contributed by atoms with van der Waals surface area (Å²) in [5, 5.41) is 5.21. The number of fused-ring (bicyclic) bond motifs is 4. The second-order valence-electron chi connectivity index (χ2n) is 17.2. The minimum absolute atomic E-state index is 0.247. The second-order valence-corrected chi connectivity index (χ2v) is 30.7. The van der Waals surface area contributed by atoms with E-state index in [1.54, 1.807) is 24.3 Å². The molecule has 4 nitrogen and oxygen atoms in total. The molecule has 0 saturated carbocycles. The van der Waals surface area contributed by atoms with E-state index in [1.807, 2.05) is 24.3 Å². The van der Waals surface area contributed by atoms with Gasteiger partial charge >= 0.3 is 244 Å². The molecule has 10 aromatic rings. The summed E-state index contributed by atoms with van der Waals surface area (Å²) in [4.78, 5) is 5.11. The Hall–Kier alpha value is -7.49. The number of rotatable bonds is 8. The Morgan fingerprint density at radius 3 is 1.03 bits per heavy atom. The Labute approximate surface area is 396 Å². The summed E-state index contributed by atoms with van der Waals surface area (Å²) >= 11 is -3.53. The normalized spacial score (nSPS) is 14.3. The third kappa shape index (κ3) is 6.28. The minimum atomic E-state index is -3.88. The molecule has 0 radical (unpaired) electrons. The fraction of sp³-hybridized carbons (Fsp3) is 0. The molecule has 320 valence electrons. The van der Waals surface area contributed by atoms with Crippen LogP contribution in [0.2, 0.25) is 0 Å². The molecule has 0 amide bonds. The molecule has 0 unspecified atom stereocenters. The molecule has 2 aliphatic rings. The third-order valence-electron chi connectivity index (χ3n) is 13.8. The Morgan fingerprint density at radius 1 is 0.313 bits per heavy atom. The summed E-state index contributed by atoms with van der Waals surface area (Å²) in [5.41, 5.74) is 6.23. The van der Waals surface area contributed by atoms with Crippen LogP contribution in [0.3, 0.4) is 0 Å². The molecule has 0 saturated heterocycles. The number of hydrogen-bond acceptors (Lipinski definition) is 4. The zero-order valence-electron chi connectivity index (χ0n) is 36.5. The van der Waals surface area contributed by atoms with Gasteiger partial charge in [-0.25, -0.2) is 0 Å². The van der Waals surface area contributed by atoms with E-state index in [0.717, 1.165) is 34.1 Å². The van der Waals surface area contributed by atoms with Crippen LogP contribution in [0, 0.1) is 0 Å². The van der Waals surface area contributed by atoms with Crippen molar-refractivity contribution in [1.29, 1.82) is 0 Å². The topological polar surface area (TPSA) is 40.6 Å². The predicted molar refractivity (Wildman–Crippen MR) is 282 cm³/mol. The van der Waals surface area contributed by atoms with Crippen LogP contribution in [0.25, 0.3) is 0 Å². The van der Waals surface area contributed by atoms with Gasteiger partial charge in [0.2, 0.25) is 0 Å². The number of para-hydroxylation sites is 4. The van der Waals surface area contributed by atoms with Crippen LogP contribution in [0.5, 0.6) is 0 Å². The Morgan fingerprint density at radius 2 is 0.627 bits per heavy atom. The molecule has 0 bridgehead atoms. The van der Waals surface area contributed by atoms with Crippen LogP contribution in [0.15, 0.2) is 277 Å². The van der Waals surface area contributed by atoms with E-state index in [0.29, 0.717) is 0 Å². The van der Waals surface area contributed by atoms with Crippen molar-refractivity contribution in [2.75, 3.05) is 9.80 Å². The molecule has 0 aliphatic carbocycles. The van der Waals surface area contributed by atoms with Crippen LogP contribution < -0.4 is 48.1 Å². The fourth-order valence-corrected chi connectivity index (χ4v) is 28.1. The summed E-state index contributed by atoms with van der Waals surface area (Å²) < 4.78 is 34.6. The summed E-state index contributed by atoms with van der Waals surface area (Å²) in [6.45, 7) is 0. The molecule has 0 aromatic heterocycles. The summed E-state index contributed by atoms with van der Waals surface area (Å²) in [6.07, 6.45) is 0. The molecule has 0 atom stereocenters. The molecule has 0 spiro atoms. The van der Waals surface area contributed by atoms with E-state index >= 15 is 0 Å². The van der Waals surface area contributed by atoms with Crippen molar-refractivity contribution in [3.05, 3.63) is 267 Å². The standard InChI is InChI=1S/C60H44GeN2O2SSi/c64-66(65,49-41-37-47(38-42-49)62-55-31-15-13-29-53(55)61(45-21-5-1-6-22-45,46-23-7-2-8-24-46)54-30-14-16-32-56(54)62)50-43-39-48(40-44-50)63-57-33-17-19-35-59(57)67(51-25-9-3-10-26-51,52-27-11-4-12-28-52)60-36-20-18-34-58(60)63/h1-44H.